The summed E-state index contributed by atoms with van der Waals surface area (Å²) in [6.07, 6.45) is 0. The first-order valence-corrected chi connectivity index (χ1v) is 9.81. The number of nitrogens with zero attached hydrogens (tertiary/aromatic N) is 3. The number of hydrogen-bond acceptors (Lipinski definition) is 4. The molecular weight excluding hydrogens is 378 g/mol. The van der Waals surface area contributed by atoms with Crippen LogP contribution in [0.4, 0.5) is 17.1 Å². The van der Waals surface area contributed by atoms with E-state index in [1.165, 1.54) is 12.1 Å². The first-order valence-electron chi connectivity index (χ1n) is 9.81. The van der Waals surface area contributed by atoms with E-state index in [0.29, 0.717) is 0 Å². The molecule has 1 amide bonds. The van der Waals surface area contributed by atoms with Crippen molar-refractivity contribution in [2.24, 2.45) is 0 Å². The molecule has 3 aromatic carbocycles. The second-order valence-corrected chi connectivity index (χ2v) is 7.63. The topological polar surface area (TPSA) is 66.7 Å². The first kappa shape index (κ1) is 19.6. The van der Waals surface area contributed by atoms with Gasteiger partial charge in [0.2, 0.25) is 0 Å². The molecule has 4 rings (SSSR count). The minimum Gasteiger partial charge on any atom is -0.361 e. The molecule has 30 heavy (non-hydrogen) atoms. The van der Waals surface area contributed by atoms with Crippen LogP contribution in [0.5, 0.6) is 0 Å². The van der Waals surface area contributed by atoms with Crippen LogP contribution in [0.2, 0.25) is 0 Å². The third-order valence-electron chi connectivity index (χ3n) is 5.77. The summed E-state index contributed by atoms with van der Waals surface area (Å²) >= 11 is 0. The number of carbonyl (C=O) groups excluding carboxylic acids is 1. The lowest BCUT2D eigenvalue weighted by Gasteiger charge is -2.52. The van der Waals surface area contributed by atoms with E-state index >= 15 is 0 Å². The standard InChI is InChI=1S/C24H23N3O3/c1-16-8-7-9-17(2)21(16)26-22(18-12-14-20(15-13-18)27(29)30)23(24(26)28)25(3)19-10-5-4-6-11-19/h4-15,22-23H,1-3H3. The molecule has 2 unspecified atom stereocenters. The van der Waals surface area contributed by atoms with Gasteiger partial charge in [-0.2, -0.15) is 0 Å². The smallest absolute Gasteiger partial charge is 0.269 e. The van der Waals surface area contributed by atoms with Crippen LogP contribution in [-0.4, -0.2) is 23.9 Å². The molecule has 152 valence electrons. The fraction of sp³-hybridized carbons (Fsp3) is 0.208. The number of aryl methyl sites for hydroxylation is 2. The van der Waals surface area contributed by atoms with E-state index < -0.39 is 11.0 Å². The van der Waals surface area contributed by atoms with Crippen molar-refractivity contribution < 1.29 is 9.72 Å². The molecule has 1 heterocycles. The van der Waals surface area contributed by atoms with E-state index in [1.807, 2.05) is 79.2 Å². The van der Waals surface area contributed by atoms with Crippen LogP contribution in [-0.2, 0) is 4.79 Å². The SMILES string of the molecule is Cc1cccc(C)c1N1C(=O)C(N(C)c2ccccc2)C1c1ccc([N+](=O)[O-])cc1. The van der Waals surface area contributed by atoms with E-state index in [2.05, 4.69) is 0 Å². The highest BCUT2D eigenvalue weighted by Crippen LogP contribution is 2.45. The molecule has 3 aromatic rings. The molecular formula is C24H23N3O3. The average molecular weight is 401 g/mol. The Morgan fingerprint density at radius 3 is 2.07 bits per heavy atom. The van der Waals surface area contributed by atoms with Crippen LogP contribution < -0.4 is 9.80 Å². The normalized spacial score (nSPS) is 18.1. The number of nitro benzene ring substituents is 1. The van der Waals surface area contributed by atoms with Gasteiger partial charge in [0.25, 0.3) is 11.6 Å². The Bertz CT molecular complexity index is 1080. The lowest BCUT2D eigenvalue weighted by atomic mass is 9.85. The van der Waals surface area contributed by atoms with Crippen LogP contribution in [0.3, 0.4) is 0 Å². The van der Waals surface area contributed by atoms with Gasteiger partial charge in [0, 0.05) is 24.9 Å². The van der Waals surface area contributed by atoms with Crippen molar-refractivity contribution in [2.75, 3.05) is 16.8 Å². The van der Waals surface area contributed by atoms with Gasteiger partial charge in [0.1, 0.15) is 6.04 Å². The quantitative estimate of drug-likeness (QED) is 0.350. The number of para-hydroxylation sites is 2. The maximum atomic E-state index is 13.4. The first-order chi connectivity index (χ1) is 14.4. The Labute approximate surface area is 175 Å². The van der Waals surface area contributed by atoms with Gasteiger partial charge in [-0.25, -0.2) is 0 Å². The minimum absolute atomic E-state index is 0.0158. The fourth-order valence-corrected chi connectivity index (χ4v) is 4.23. The Morgan fingerprint density at radius 2 is 1.50 bits per heavy atom. The summed E-state index contributed by atoms with van der Waals surface area (Å²) in [7, 11) is 1.92. The molecule has 1 aliphatic rings. The van der Waals surface area contributed by atoms with Crippen LogP contribution in [0.25, 0.3) is 0 Å². The maximum absolute atomic E-state index is 13.4. The number of non-ortho nitro benzene ring substituents is 1. The third kappa shape index (κ3) is 3.20. The Kier molecular flexibility index (Phi) is 4.99. The molecule has 1 saturated heterocycles. The van der Waals surface area contributed by atoms with Crippen molar-refractivity contribution >= 4 is 23.0 Å². The van der Waals surface area contributed by atoms with Crippen molar-refractivity contribution in [1.82, 2.24) is 0 Å². The summed E-state index contributed by atoms with van der Waals surface area (Å²) in [5, 5.41) is 11.1. The zero-order valence-corrected chi connectivity index (χ0v) is 17.1. The highest BCUT2D eigenvalue weighted by Gasteiger charge is 2.52. The van der Waals surface area contributed by atoms with E-state index in [9.17, 15) is 14.9 Å². The Hall–Kier alpha value is -3.67. The molecule has 6 heteroatoms. The highest BCUT2D eigenvalue weighted by molar-refractivity contribution is 6.08. The van der Waals surface area contributed by atoms with E-state index in [-0.39, 0.29) is 17.6 Å². The highest BCUT2D eigenvalue weighted by atomic mass is 16.6. The van der Waals surface area contributed by atoms with Gasteiger partial charge in [-0.05, 0) is 42.7 Å². The van der Waals surface area contributed by atoms with Gasteiger partial charge in [-0.3, -0.25) is 19.8 Å². The number of anilines is 2. The monoisotopic (exact) mass is 401 g/mol. The van der Waals surface area contributed by atoms with Crippen molar-refractivity contribution in [1.29, 1.82) is 0 Å². The summed E-state index contributed by atoms with van der Waals surface area (Å²) in [5.74, 6) is 0.0158. The van der Waals surface area contributed by atoms with Crippen molar-refractivity contribution in [3.63, 3.8) is 0 Å². The molecule has 2 atom stereocenters. The molecule has 0 spiro atoms. The lowest BCUT2D eigenvalue weighted by Crippen LogP contribution is -2.65. The van der Waals surface area contributed by atoms with Crippen molar-refractivity contribution in [3.05, 3.63) is 99.6 Å². The van der Waals surface area contributed by atoms with Gasteiger partial charge in [-0.1, -0.05) is 48.5 Å². The van der Waals surface area contributed by atoms with Gasteiger partial charge in [0.05, 0.1) is 16.7 Å². The number of hydrogen-bond donors (Lipinski definition) is 0. The van der Waals surface area contributed by atoms with Crippen LogP contribution in [0.1, 0.15) is 22.7 Å². The second kappa shape index (κ2) is 7.63. The Morgan fingerprint density at radius 1 is 0.900 bits per heavy atom. The molecule has 1 aliphatic heterocycles. The van der Waals surface area contributed by atoms with Gasteiger partial charge in [0.15, 0.2) is 0 Å². The molecule has 0 aliphatic carbocycles. The molecule has 0 bridgehead atoms. The van der Waals surface area contributed by atoms with Gasteiger partial charge >= 0.3 is 0 Å². The number of nitro groups is 1. The fourth-order valence-electron chi connectivity index (χ4n) is 4.23. The molecule has 0 aromatic heterocycles. The van der Waals surface area contributed by atoms with Crippen LogP contribution in [0.15, 0.2) is 72.8 Å². The number of benzene rings is 3. The summed E-state index contributed by atoms with van der Waals surface area (Å²) in [6, 6.07) is 21.6. The van der Waals surface area contributed by atoms with Crippen LogP contribution in [0, 0.1) is 24.0 Å². The number of β-lactam (4-membered cyclic amide) rings is 1. The molecule has 6 nitrogen and oxygen atoms in total. The minimum atomic E-state index is -0.410. The second-order valence-electron chi connectivity index (χ2n) is 7.63. The maximum Gasteiger partial charge on any atom is 0.269 e. The molecule has 0 saturated carbocycles. The van der Waals surface area contributed by atoms with E-state index in [1.54, 1.807) is 12.1 Å². The van der Waals surface area contributed by atoms with Gasteiger partial charge < -0.3 is 4.90 Å². The van der Waals surface area contributed by atoms with Crippen molar-refractivity contribution in [2.45, 2.75) is 25.9 Å². The largest absolute Gasteiger partial charge is 0.361 e. The zero-order chi connectivity index (χ0) is 21.4. The molecule has 0 radical (unpaired) electrons. The number of likely N-dealkylation sites (N-methyl/N-ethyl adjacent to an activating group) is 1. The van der Waals surface area contributed by atoms with Crippen molar-refractivity contribution in [3.8, 4) is 0 Å². The Balaban J connectivity index is 1.79. The summed E-state index contributed by atoms with van der Waals surface area (Å²) in [5.41, 5.74) is 4.81. The van der Waals surface area contributed by atoms with E-state index in [4.69, 9.17) is 0 Å². The number of amides is 1. The summed E-state index contributed by atoms with van der Waals surface area (Å²) < 4.78 is 0. The lowest BCUT2D eigenvalue weighted by molar-refractivity contribution is -0.384. The third-order valence-corrected chi connectivity index (χ3v) is 5.77. The molecule has 0 N–H and O–H groups in total. The predicted molar refractivity (Wildman–Crippen MR) is 118 cm³/mol. The van der Waals surface area contributed by atoms with E-state index in [0.717, 1.165) is 28.1 Å². The average Bonchev–Trinajstić information content (AvgIpc) is 2.75. The predicted octanol–water partition coefficient (Wildman–Crippen LogP) is 4.80. The summed E-state index contributed by atoms with van der Waals surface area (Å²) in [4.78, 5) is 27.9. The number of rotatable bonds is 5. The van der Waals surface area contributed by atoms with Gasteiger partial charge in [-0.15, -0.1) is 0 Å². The molecule has 1 fully saturated rings. The zero-order valence-electron chi connectivity index (χ0n) is 17.1. The summed E-state index contributed by atoms with van der Waals surface area (Å²) in [6.45, 7) is 3.99. The number of carbonyl (C=O) groups is 1. The van der Waals surface area contributed by atoms with Crippen LogP contribution >= 0.6 is 0 Å².